The lowest BCUT2D eigenvalue weighted by molar-refractivity contribution is 0.145. The van der Waals surface area contributed by atoms with Crippen molar-refractivity contribution in [1.82, 2.24) is 9.80 Å². The summed E-state index contributed by atoms with van der Waals surface area (Å²) in [6.45, 7) is 1.46. The number of alkyl halides is 1. The van der Waals surface area contributed by atoms with Crippen molar-refractivity contribution in [2.75, 3.05) is 26.1 Å². The number of hydrogen-bond donors (Lipinski definition) is 1. The van der Waals surface area contributed by atoms with Gasteiger partial charge in [-0.05, 0) is 0 Å². The molecule has 0 bridgehead atoms. The fourth-order valence-corrected chi connectivity index (χ4v) is 1.12. The quantitative estimate of drug-likeness (QED) is 0.626. The molecule has 11 heavy (non-hydrogen) atoms. The largest absolute Gasteiger partial charge is 0.390 e. The summed E-state index contributed by atoms with van der Waals surface area (Å²) in [7, 11) is 1.99. The van der Waals surface area contributed by atoms with E-state index in [1.165, 1.54) is 0 Å². The van der Waals surface area contributed by atoms with E-state index < -0.39 is 6.10 Å². The van der Waals surface area contributed by atoms with Crippen LogP contribution in [0, 0.1) is 0 Å². The van der Waals surface area contributed by atoms with E-state index in [1.54, 1.807) is 0 Å². The van der Waals surface area contributed by atoms with Crippen molar-refractivity contribution in [3.63, 3.8) is 0 Å². The number of aliphatic hydroxyl groups excluding tert-OH is 1. The summed E-state index contributed by atoms with van der Waals surface area (Å²) in [5.74, 6) is 0.300. The van der Waals surface area contributed by atoms with Gasteiger partial charge in [-0.1, -0.05) is 0 Å². The van der Waals surface area contributed by atoms with Crippen LogP contribution >= 0.6 is 11.6 Å². The molecule has 0 saturated heterocycles. The van der Waals surface area contributed by atoms with Crippen LogP contribution in [0.3, 0.4) is 0 Å². The van der Waals surface area contributed by atoms with Crippen LogP contribution in [0.1, 0.15) is 0 Å². The molecule has 64 valence electrons. The molecule has 1 N–H and O–H groups in total. The molecular weight excluding hydrogens is 164 g/mol. The zero-order valence-corrected chi connectivity index (χ0v) is 7.33. The average molecular weight is 177 g/mol. The van der Waals surface area contributed by atoms with Crippen LogP contribution in [0.15, 0.2) is 12.4 Å². The minimum atomic E-state index is -0.423. The Morgan fingerprint density at radius 3 is 2.82 bits per heavy atom. The molecule has 1 heterocycles. The van der Waals surface area contributed by atoms with Gasteiger partial charge in [0.25, 0.3) is 0 Å². The van der Waals surface area contributed by atoms with E-state index in [2.05, 4.69) is 0 Å². The third-order valence-electron chi connectivity index (χ3n) is 1.56. The van der Waals surface area contributed by atoms with E-state index in [0.717, 1.165) is 6.67 Å². The van der Waals surface area contributed by atoms with Gasteiger partial charge in [0.15, 0.2) is 0 Å². The third kappa shape index (κ3) is 2.60. The molecule has 1 rings (SSSR count). The molecule has 1 unspecified atom stereocenters. The maximum atomic E-state index is 9.18. The average Bonchev–Trinajstić information content (AvgIpc) is 2.35. The van der Waals surface area contributed by atoms with Crippen molar-refractivity contribution in [2.45, 2.75) is 6.10 Å². The summed E-state index contributed by atoms with van der Waals surface area (Å²) in [5, 5.41) is 9.18. The van der Waals surface area contributed by atoms with Crippen molar-refractivity contribution in [2.24, 2.45) is 0 Å². The molecule has 1 aliphatic heterocycles. The van der Waals surface area contributed by atoms with Crippen LogP contribution < -0.4 is 0 Å². The molecule has 4 heteroatoms. The highest BCUT2D eigenvalue weighted by atomic mass is 35.5. The van der Waals surface area contributed by atoms with Gasteiger partial charge in [-0.15, -0.1) is 11.6 Å². The van der Waals surface area contributed by atoms with Crippen LogP contribution in [-0.4, -0.2) is 47.2 Å². The summed E-state index contributed by atoms with van der Waals surface area (Å²) in [5.41, 5.74) is 0. The lowest BCUT2D eigenvalue weighted by Gasteiger charge is -2.19. The number of nitrogens with zero attached hydrogens (tertiary/aromatic N) is 2. The van der Waals surface area contributed by atoms with Crippen molar-refractivity contribution >= 4 is 11.6 Å². The predicted molar refractivity (Wildman–Crippen MR) is 45.2 cm³/mol. The van der Waals surface area contributed by atoms with Crippen molar-refractivity contribution in [3.05, 3.63) is 12.4 Å². The van der Waals surface area contributed by atoms with Crippen molar-refractivity contribution in [3.8, 4) is 0 Å². The minimum Gasteiger partial charge on any atom is -0.390 e. The van der Waals surface area contributed by atoms with Gasteiger partial charge < -0.3 is 14.9 Å². The molecule has 0 saturated carbocycles. The maximum absolute atomic E-state index is 9.18. The van der Waals surface area contributed by atoms with Gasteiger partial charge in [0.2, 0.25) is 0 Å². The molecule has 0 aromatic carbocycles. The predicted octanol–water partition coefficient (Wildman–Crippen LogP) is 0.262. The van der Waals surface area contributed by atoms with Crippen molar-refractivity contribution in [1.29, 1.82) is 0 Å². The first-order chi connectivity index (χ1) is 5.22. The van der Waals surface area contributed by atoms with E-state index in [1.807, 2.05) is 29.2 Å². The van der Waals surface area contributed by atoms with E-state index in [-0.39, 0.29) is 0 Å². The molecule has 0 fully saturated rings. The maximum Gasteiger partial charge on any atom is 0.0891 e. The lowest BCUT2D eigenvalue weighted by Crippen LogP contribution is -2.31. The highest BCUT2D eigenvalue weighted by molar-refractivity contribution is 6.18. The number of aliphatic hydroxyl groups is 1. The fourth-order valence-electron chi connectivity index (χ4n) is 1.03. The van der Waals surface area contributed by atoms with Crippen molar-refractivity contribution < 1.29 is 5.11 Å². The Balaban J connectivity index is 2.24. The minimum absolute atomic E-state index is 0.300. The Morgan fingerprint density at radius 2 is 2.36 bits per heavy atom. The summed E-state index contributed by atoms with van der Waals surface area (Å²) >= 11 is 5.45. The van der Waals surface area contributed by atoms with Gasteiger partial charge in [-0.25, -0.2) is 0 Å². The monoisotopic (exact) mass is 176 g/mol. The van der Waals surface area contributed by atoms with E-state index >= 15 is 0 Å². The number of halogens is 1. The van der Waals surface area contributed by atoms with Crippen LogP contribution in [0.4, 0.5) is 0 Å². The zero-order valence-electron chi connectivity index (χ0n) is 6.57. The molecule has 0 radical (unpaired) electrons. The normalized spacial score (nSPS) is 19.5. The Hall–Kier alpha value is -0.410. The van der Waals surface area contributed by atoms with Gasteiger partial charge >= 0.3 is 0 Å². The van der Waals surface area contributed by atoms with Crippen LogP contribution in [0.2, 0.25) is 0 Å². The molecule has 0 amide bonds. The third-order valence-corrected chi connectivity index (χ3v) is 1.92. The number of hydrogen-bond acceptors (Lipinski definition) is 3. The second-order valence-corrected chi connectivity index (χ2v) is 3.08. The number of β-amino-alcohol motifs (C(OH)–C–C–N with tert-alkyl or cyclic N) is 1. The van der Waals surface area contributed by atoms with Gasteiger partial charge in [0, 0.05) is 26.0 Å². The van der Waals surface area contributed by atoms with E-state index in [9.17, 15) is 5.11 Å². The van der Waals surface area contributed by atoms with E-state index in [0.29, 0.717) is 12.4 Å². The first-order valence-corrected chi connectivity index (χ1v) is 4.12. The van der Waals surface area contributed by atoms with Crippen LogP contribution in [0.25, 0.3) is 0 Å². The summed E-state index contributed by atoms with van der Waals surface area (Å²) in [4.78, 5) is 4.06. The molecule has 0 aromatic rings. The molecule has 0 aliphatic carbocycles. The zero-order chi connectivity index (χ0) is 8.27. The lowest BCUT2D eigenvalue weighted by atomic mass is 10.4. The topological polar surface area (TPSA) is 26.7 Å². The van der Waals surface area contributed by atoms with E-state index in [4.69, 9.17) is 11.6 Å². The fraction of sp³-hybridized carbons (Fsp3) is 0.714. The standard InChI is InChI=1S/C7H13ClN2O/c1-9-2-3-10(6-9)5-7(11)4-8/h2-3,7,11H,4-6H2,1H3. The molecule has 1 atom stereocenters. The second-order valence-electron chi connectivity index (χ2n) is 2.78. The first kappa shape index (κ1) is 8.68. The summed E-state index contributed by atoms with van der Waals surface area (Å²) in [6, 6.07) is 0. The highest BCUT2D eigenvalue weighted by Crippen LogP contribution is 2.04. The van der Waals surface area contributed by atoms with Gasteiger partial charge in [-0.3, -0.25) is 0 Å². The smallest absolute Gasteiger partial charge is 0.0891 e. The highest BCUT2D eigenvalue weighted by Gasteiger charge is 2.11. The van der Waals surface area contributed by atoms with Crippen LogP contribution in [-0.2, 0) is 0 Å². The SMILES string of the molecule is CN1C=CN(CC(O)CCl)C1. The molecule has 1 aliphatic rings. The van der Waals surface area contributed by atoms with Gasteiger partial charge in [-0.2, -0.15) is 0 Å². The Kier molecular flexibility index (Phi) is 3.02. The number of rotatable bonds is 3. The molecular formula is C7H13ClN2O. The van der Waals surface area contributed by atoms with Gasteiger partial charge in [0.05, 0.1) is 18.7 Å². The molecule has 3 nitrogen and oxygen atoms in total. The summed E-state index contributed by atoms with van der Waals surface area (Å²) in [6.07, 6.45) is 3.50. The Bertz CT molecular complexity index is 151. The van der Waals surface area contributed by atoms with Gasteiger partial charge in [0.1, 0.15) is 0 Å². The molecule has 0 aromatic heterocycles. The molecule has 0 spiro atoms. The Morgan fingerprint density at radius 1 is 1.64 bits per heavy atom. The second kappa shape index (κ2) is 3.83. The van der Waals surface area contributed by atoms with Crippen LogP contribution in [0.5, 0.6) is 0 Å². The first-order valence-electron chi connectivity index (χ1n) is 3.59. The Labute approximate surface area is 71.9 Å². The summed E-state index contributed by atoms with van der Waals surface area (Å²) < 4.78 is 0.